The molecule has 0 aliphatic carbocycles. The maximum absolute atomic E-state index is 12.7. The molecule has 2 aromatic carbocycles. The first-order valence-electron chi connectivity index (χ1n) is 6.46. The Bertz CT molecular complexity index is 676. The fourth-order valence-corrected chi connectivity index (χ4v) is 4.17. The summed E-state index contributed by atoms with van der Waals surface area (Å²) in [5, 5.41) is 9.02. The lowest BCUT2D eigenvalue weighted by molar-refractivity contribution is 0.188. The molecule has 2 rings (SSSR count). The topological polar surface area (TPSA) is 54.4 Å². The minimum Gasteiger partial charge on any atom is -0.392 e. The van der Waals surface area contributed by atoms with Crippen LogP contribution in [0.1, 0.15) is 23.3 Å². The van der Waals surface area contributed by atoms with Crippen LogP contribution in [0.25, 0.3) is 0 Å². The summed E-state index contributed by atoms with van der Waals surface area (Å²) >= 11 is 0. The van der Waals surface area contributed by atoms with E-state index in [1.165, 1.54) is 6.92 Å². The van der Waals surface area contributed by atoms with Crippen LogP contribution in [0.2, 0.25) is 0 Å². The molecule has 4 heteroatoms. The summed E-state index contributed by atoms with van der Waals surface area (Å²) in [6.45, 7) is 3.41. The lowest BCUT2D eigenvalue weighted by Crippen LogP contribution is -2.24. The standard InChI is InChI=1S/C16H18O3S/c1-12-7-6-8-14(11-12)16(13(2)17)20(18,19)15-9-4-3-5-10-15/h3-11,13,16-17H,1-2H3. The first-order chi connectivity index (χ1) is 9.43. The maximum Gasteiger partial charge on any atom is 0.187 e. The van der Waals surface area contributed by atoms with Gasteiger partial charge in [-0.3, -0.25) is 0 Å². The minimum absolute atomic E-state index is 0.229. The van der Waals surface area contributed by atoms with Gasteiger partial charge in [0.1, 0.15) is 5.25 Å². The van der Waals surface area contributed by atoms with Gasteiger partial charge in [0.2, 0.25) is 0 Å². The van der Waals surface area contributed by atoms with Crippen molar-refractivity contribution in [3.63, 3.8) is 0 Å². The van der Waals surface area contributed by atoms with Gasteiger partial charge in [-0.05, 0) is 31.5 Å². The van der Waals surface area contributed by atoms with Crippen molar-refractivity contribution in [1.29, 1.82) is 0 Å². The van der Waals surface area contributed by atoms with Crippen molar-refractivity contribution in [1.82, 2.24) is 0 Å². The molecule has 0 heterocycles. The molecule has 106 valence electrons. The molecule has 2 aromatic rings. The molecule has 0 amide bonds. The van der Waals surface area contributed by atoms with Gasteiger partial charge in [-0.1, -0.05) is 48.0 Å². The fourth-order valence-electron chi connectivity index (χ4n) is 2.32. The van der Waals surface area contributed by atoms with E-state index >= 15 is 0 Å². The molecule has 2 unspecified atom stereocenters. The molecule has 0 saturated heterocycles. The fraction of sp³-hybridized carbons (Fsp3) is 0.250. The van der Waals surface area contributed by atoms with Crippen LogP contribution in [0.15, 0.2) is 59.5 Å². The van der Waals surface area contributed by atoms with E-state index < -0.39 is 21.2 Å². The second-order valence-corrected chi connectivity index (χ2v) is 7.00. The SMILES string of the molecule is Cc1cccc(C(C(C)O)S(=O)(=O)c2ccccc2)c1. The van der Waals surface area contributed by atoms with E-state index in [9.17, 15) is 13.5 Å². The Morgan fingerprint density at radius 3 is 2.20 bits per heavy atom. The van der Waals surface area contributed by atoms with E-state index in [0.717, 1.165) is 5.56 Å². The van der Waals surface area contributed by atoms with E-state index in [2.05, 4.69) is 0 Å². The van der Waals surface area contributed by atoms with Crippen molar-refractivity contribution in [3.8, 4) is 0 Å². The van der Waals surface area contributed by atoms with Crippen molar-refractivity contribution in [3.05, 3.63) is 65.7 Å². The second kappa shape index (κ2) is 5.77. The first-order valence-corrected chi connectivity index (χ1v) is 8.01. The molecule has 20 heavy (non-hydrogen) atoms. The number of sulfone groups is 1. The smallest absolute Gasteiger partial charge is 0.187 e. The van der Waals surface area contributed by atoms with E-state index in [-0.39, 0.29) is 4.90 Å². The summed E-state index contributed by atoms with van der Waals surface area (Å²) in [5.74, 6) is 0. The van der Waals surface area contributed by atoms with Crippen LogP contribution in [0, 0.1) is 6.92 Å². The van der Waals surface area contributed by atoms with Gasteiger partial charge in [0.15, 0.2) is 9.84 Å². The van der Waals surface area contributed by atoms with Crippen LogP contribution in [0.4, 0.5) is 0 Å². The molecule has 2 atom stereocenters. The Morgan fingerprint density at radius 1 is 1.00 bits per heavy atom. The van der Waals surface area contributed by atoms with Crippen molar-refractivity contribution >= 4 is 9.84 Å². The third-order valence-electron chi connectivity index (χ3n) is 3.21. The molecule has 0 saturated carbocycles. The number of rotatable bonds is 4. The molecular formula is C16H18O3S. The van der Waals surface area contributed by atoms with Crippen LogP contribution in [0.5, 0.6) is 0 Å². The number of hydrogen-bond donors (Lipinski definition) is 1. The van der Waals surface area contributed by atoms with Crippen molar-refractivity contribution in [2.45, 2.75) is 30.1 Å². The molecule has 1 N–H and O–H groups in total. The van der Waals surface area contributed by atoms with Crippen LogP contribution in [-0.2, 0) is 9.84 Å². The van der Waals surface area contributed by atoms with Gasteiger partial charge in [-0.15, -0.1) is 0 Å². The molecule has 0 aliphatic rings. The molecule has 0 spiro atoms. The van der Waals surface area contributed by atoms with Crippen molar-refractivity contribution < 1.29 is 13.5 Å². The predicted octanol–water partition coefficient (Wildman–Crippen LogP) is 2.89. The molecule has 0 bridgehead atoms. The summed E-state index contributed by atoms with van der Waals surface area (Å²) in [4.78, 5) is 0.229. The Morgan fingerprint density at radius 2 is 1.65 bits per heavy atom. The van der Waals surface area contributed by atoms with E-state index in [1.54, 1.807) is 48.5 Å². The molecular weight excluding hydrogens is 272 g/mol. The second-order valence-electron chi connectivity index (χ2n) is 4.93. The van der Waals surface area contributed by atoms with Crippen molar-refractivity contribution in [2.75, 3.05) is 0 Å². The third kappa shape index (κ3) is 2.92. The summed E-state index contributed by atoms with van der Waals surface area (Å²) in [6.07, 6.45) is -0.984. The largest absolute Gasteiger partial charge is 0.392 e. The summed E-state index contributed by atoms with van der Waals surface area (Å²) in [7, 11) is -3.62. The van der Waals surface area contributed by atoms with E-state index in [0.29, 0.717) is 5.56 Å². The predicted molar refractivity (Wildman–Crippen MR) is 79.2 cm³/mol. The van der Waals surface area contributed by atoms with Crippen LogP contribution < -0.4 is 0 Å². The number of aryl methyl sites for hydroxylation is 1. The number of hydrogen-bond acceptors (Lipinski definition) is 3. The van der Waals surface area contributed by atoms with Gasteiger partial charge >= 0.3 is 0 Å². The summed E-state index contributed by atoms with van der Waals surface area (Å²) < 4.78 is 25.5. The zero-order chi connectivity index (χ0) is 14.8. The molecule has 3 nitrogen and oxygen atoms in total. The zero-order valence-corrected chi connectivity index (χ0v) is 12.3. The van der Waals surface area contributed by atoms with Gasteiger partial charge in [-0.25, -0.2) is 8.42 Å². The highest BCUT2D eigenvalue weighted by atomic mass is 32.2. The Hall–Kier alpha value is -1.65. The quantitative estimate of drug-likeness (QED) is 0.942. The van der Waals surface area contributed by atoms with Crippen molar-refractivity contribution in [2.24, 2.45) is 0 Å². The maximum atomic E-state index is 12.7. The van der Waals surface area contributed by atoms with E-state index in [1.807, 2.05) is 13.0 Å². The highest BCUT2D eigenvalue weighted by Crippen LogP contribution is 2.32. The molecule has 0 radical (unpaired) electrons. The van der Waals surface area contributed by atoms with Gasteiger partial charge in [0.05, 0.1) is 11.0 Å². The number of aliphatic hydroxyl groups is 1. The van der Waals surface area contributed by atoms with Gasteiger partial charge in [0, 0.05) is 0 Å². The molecule has 0 fully saturated rings. The number of benzene rings is 2. The average Bonchev–Trinajstić information content (AvgIpc) is 2.39. The van der Waals surface area contributed by atoms with Crippen LogP contribution >= 0.6 is 0 Å². The molecule has 0 aliphatic heterocycles. The average molecular weight is 290 g/mol. The van der Waals surface area contributed by atoms with Crippen LogP contribution in [-0.4, -0.2) is 19.6 Å². The number of aliphatic hydroxyl groups excluding tert-OH is 1. The zero-order valence-electron chi connectivity index (χ0n) is 11.5. The highest BCUT2D eigenvalue weighted by Gasteiger charge is 2.32. The Labute approximate surface area is 119 Å². The first kappa shape index (κ1) is 14.8. The van der Waals surface area contributed by atoms with Gasteiger partial charge in [-0.2, -0.15) is 0 Å². The Balaban J connectivity index is 2.55. The van der Waals surface area contributed by atoms with Gasteiger partial charge in [0.25, 0.3) is 0 Å². The van der Waals surface area contributed by atoms with Crippen LogP contribution in [0.3, 0.4) is 0 Å². The normalized spacial score (nSPS) is 14.8. The third-order valence-corrected chi connectivity index (χ3v) is 5.48. The van der Waals surface area contributed by atoms with Gasteiger partial charge < -0.3 is 5.11 Å². The Kier molecular flexibility index (Phi) is 4.26. The van der Waals surface area contributed by atoms with E-state index in [4.69, 9.17) is 0 Å². The minimum atomic E-state index is -3.62. The summed E-state index contributed by atoms with van der Waals surface area (Å²) in [6, 6.07) is 15.5. The lowest BCUT2D eigenvalue weighted by Gasteiger charge is -2.21. The summed E-state index contributed by atoms with van der Waals surface area (Å²) in [5.41, 5.74) is 1.58. The highest BCUT2D eigenvalue weighted by molar-refractivity contribution is 7.91. The lowest BCUT2D eigenvalue weighted by atomic mass is 10.1. The molecule has 0 aromatic heterocycles. The monoisotopic (exact) mass is 290 g/mol.